The maximum atomic E-state index is 12.2. The molecule has 0 spiro atoms. The first-order chi connectivity index (χ1) is 13.5. The van der Waals surface area contributed by atoms with Gasteiger partial charge in [-0.15, -0.1) is 0 Å². The summed E-state index contributed by atoms with van der Waals surface area (Å²) in [7, 11) is 0. The Kier molecular flexibility index (Phi) is 6.69. The van der Waals surface area contributed by atoms with Crippen molar-refractivity contribution in [1.29, 1.82) is 5.26 Å². The van der Waals surface area contributed by atoms with Crippen LogP contribution in [0.5, 0.6) is 0 Å². The van der Waals surface area contributed by atoms with E-state index in [9.17, 15) is 9.59 Å². The second-order valence-electron chi connectivity index (χ2n) is 6.59. The Bertz CT molecular complexity index is 838. The molecular weight excluding hydrogens is 397 g/mol. The monoisotopic (exact) mass is 415 g/mol. The van der Waals surface area contributed by atoms with Crippen molar-refractivity contribution in [3.8, 4) is 6.07 Å². The van der Waals surface area contributed by atoms with Gasteiger partial charge in [0.15, 0.2) is 0 Å². The summed E-state index contributed by atoms with van der Waals surface area (Å²) in [5.41, 5.74) is 2.18. The van der Waals surface area contributed by atoms with Gasteiger partial charge in [-0.2, -0.15) is 5.26 Å². The number of nitrogens with zero attached hydrogens (tertiary/aromatic N) is 3. The van der Waals surface area contributed by atoms with Crippen LogP contribution in [0.2, 0.25) is 10.0 Å². The third kappa shape index (κ3) is 4.71. The second-order valence-corrected chi connectivity index (χ2v) is 7.46. The van der Waals surface area contributed by atoms with E-state index in [0.717, 1.165) is 11.1 Å². The van der Waals surface area contributed by atoms with E-state index in [0.29, 0.717) is 36.2 Å². The van der Waals surface area contributed by atoms with E-state index in [4.69, 9.17) is 28.5 Å². The third-order valence-electron chi connectivity index (χ3n) is 4.82. The van der Waals surface area contributed by atoms with Crippen molar-refractivity contribution in [2.75, 3.05) is 26.2 Å². The SMILES string of the molecule is N#CCC(=O)C(=O)N1CCN(C(c2ccc(Cl)cc2)c2ccc(Cl)cc2)CC1. The normalized spacial score (nSPS) is 14.7. The molecule has 1 heterocycles. The summed E-state index contributed by atoms with van der Waals surface area (Å²) in [6.07, 6.45) is -0.378. The molecule has 7 heteroatoms. The van der Waals surface area contributed by atoms with Crippen LogP contribution < -0.4 is 0 Å². The van der Waals surface area contributed by atoms with Gasteiger partial charge in [0.2, 0.25) is 5.78 Å². The smallest absolute Gasteiger partial charge is 0.291 e. The van der Waals surface area contributed by atoms with E-state index >= 15 is 0 Å². The molecule has 1 aliphatic rings. The molecule has 5 nitrogen and oxygen atoms in total. The average Bonchev–Trinajstić information content (AvgIpc) is 2.71. The Hall–Kier alpha value is -2.39. The van der Waals surface area contributed by atoms with Gasteiger partial charge in [-0.05, 0) is 35.4 Å². The molecule has 0 bridgehead atoms. The highest BCUT2D eigenvalue weighted by atomic mass is 35.5. The molecule has 0 unspecified atom stereocenters. The molecule has 0 N–H and O–H groups in total. The van der Waals surface area contributed by atoms with Gasteiger partial charge < -0.3 is 4.90 Å². The lowest BCUT2D eigenvalue weighted by molar-refractivity contribution is -0.145. The lowest BCUT2D eigenvalue weighted by Crippen LogP contribution is -2.51. The van der Waals surface area contributed by atoms with Crippen LogP contribution in [-0.2, 0) is 9.59 Å². The molecule has 2 aromatic rings. The van der Waals surface area contributed by atoms with Gasteiger partial charge in [-0.1, -0.05) is 47.5 Å². The summed E-state index contributed by atoms with van der Waals surface area (Å²) in [5.74, 6) is -1.22. The Labute approximate surface area is 174 Å². The zero-order chi connectivity index (χ0) is 20.1. The highest BCUT2D eigenvalue weighted by Gasteiger charge is 2.30. The molecule has 1 saturated heterocycles. The molecule has 1 fully saturated rings. The number of halogens is 2. The maximum absolute atomic E-state index is 12.2. The number of carbonyl (C=O) groups is 2. The zero-order valence-electron chi connectivity index (χ0n) is 15.1. The molecule has 0 aliphatic carbocycles. The Morgan fingerprint density at radius 3 is 1.79 bits per heavy atom. The summed E-state index contributed by atoms with van der Waals surface area (Å²) < 4.78 is 0. The minimum atomic E-state index is -0.650. The predicted molar refractivity (Wildman–Crippen MR) is 108 cm³/mol. The summed E-state index contributed by atoms with van der Waals surface area (Å²) in [5, 5.41) is 9.96. The number of amides is 1. The summed E-state index contributed by atoms with van der Waals surface area (Å²) in [6.45, 7) is 2.10. The zero-order valence-corrected chi connectivity index (χ0v) is 16.7. The topological polar surface area (TPSA) is 64.4 Å². The molecule has 0 atom stereocenters. The van der Waals surface area contributed by atoms with Gasteiger partial charge in [-0.3, -0.25) is 14.5 Å². The first kappa shape index (κ1) is 20.3. The van der Waals surface area contributed by atoms with Crippen molar-refractivity contribution in [2.24, 2.45) is 0 Å². The van der Waals surface area contributed by atoms with Crippen LogP contribution in [0.25, 0.3) is 0 Å². The molecule has 28 heavy (non-hydrogen) atoms. The first-order valence-electron chi connectivity index (χ1n) is 8.93. The molecule has 0 aromatic heterocycles. The van der Waals surface area contributed by atoms with Crippen LogP contribution in [-0.4, -0.2) is 47.7 Å². The highest BCUT2D eigenvalue weighted by molar-refractivity contribution is 6.36. The molecule has 0 saturated carbocycles. The fourth-order valence-electron chi connectivity index (χ4n) is 3.41. The number of carbonyl (C=O) groups excluding carboxylic acids is 2. The van der Waals surface area contributed by atoms with E-state index in [2.05, 4.69) is 4.90 Å². The van der Waals surface area contributed by atoms with Gasteiger partial charge in [0.1, 0.15) is 6.42 Å². The van der Waals surface area contributed by atoms with Crippen LogP contribution in [0.4, 0.5) is 0 Å². The number of rotatable bonds is 5. The largest absolute Gasteiger partial charge is 0.334 e. The van der Waals surface area contributed by atoms with E-state index in [1.165, 1.54) is 4.90 Å². The fourth-order valence-corrected chi connectivity index (χ4v) is 3.66. The number of Topliss-reactive ketones (excluding diaryl/α,β-unsaturated/α-hetero) is 1. The first-order valence-corrected chi connectivity index (χ1v) is 9.69. The highest BCUT2D eigenvalue weighted by Crippen LogP contribution is 2.31. The minimum absolute atomic E-state index is 0.0124. The summed E-state index contributed by atoms with van der Waals surface area (Å²) in [6, 6.07) is 17.2. The predicted octanol–water partition coefficient (Wildman–Crippen LogP) is 3.71. The summed E-state index contributed by atoms with van der Waals surface area (Å²) >= 11 is 12.1. The lowest BCUT2D eigenvalue weighted by atomic mass is 9.96. The molecule has 0 radical (unpaired) electrons. The Balaban J connectivity index is 1.79. The van der Waals surface area contributed by atoms with E-state index < -0.39 is 11.7 Å². The van der Waals surface area contributed by atoms with Gasteiger partial charge in [0, 0.05) is 36.2 Å². The standard InChI is InChI=1S/C21H19Cl2N3O2/c22-17-5-1-15(2-6-17)20(16-3-7-18(23)8-4-16)25-11-13-26(14-12-25)21(28)19(27)9-10-24/h1-8,20H,9,11-14H2. The van der Waals surface area contributed by atoms with E-state index in [1.54, 1.807) is 6.07 Å². The van der Waals surface area contributed by atoms with Crippen molar-refractivity contribution in [1.82, 2.24) is 9.80 Å². The van der Waals surface area contributed by atoms with Crippen molar-refractivity contribution in [3.05, 3.63) is 69.7 Å². The summed E-state index contributed by atoms with van der Waals surface area (Å²) in [4.78, 5) is 27.7. The van der Waals surface area contributed by atoms with Crippen molar-refractivity contribution >= 4 is 34.9 Å². The number of hydrogen-bond acceptors (Lipinski definition) is 4. The Morgan fingerprint density at radius 1 is 0.893 bits per heavy atom. The molecule has 3 rings (SSSR count). The number of hydrogen-bond donors (Lipinski definition) is 0. The molecule has 2 aromatic carbocycles. The third-order valence-corrected chi connectivity index (χ3v) is 5.32. The van der Waals surface area contributed by atoms with E-state index in [-0.39, 0.29) is 12.5 Å². The van der Waals surface area contributed by atoms with E-state index in [1.807, 2.05) is 48.5 Å². The second kappa shape index (κ2) is 9.20. The number of benzene rings is 2. The molecule has 144 valence electrons. The van der Waals surface area contributed by atoms with Crippen molar-refractivity contribution in [3.63, 3.8) is 0 Å². The lowest BCUT2D eigenvalue weighted by Gasteiger charge is -2.39. The van der Waals surface area contributed by atoms with Gasteiger partial charge in [-0.25, -0.2) is 0 Å². The van der Waals surface area contributed by atoms with Crippen molar-refractivity contribution < 1.29 is 9.59 Å². The molecule has 1 aliphatic heterocycles. The number of nitriles is 1. The molecular formula is C21H19Cl2N3O2. The van der Waals surface area contributed by atoms with Crippen molar-refractivity contribution in [2.45, 2.75) is 12.5 Å². The van der Waals surface area contributed by atoms with Crippen LogP contribution in [0.15, 0.2) is 48.5 Å². The van der Waals surface area contributed by atoms with Gasteiger partial charge in [0.25, 0.3) is 5.91 Å². The number of ketones is 1. The van der Waals surface area contributed by atoms with Crippen LogP contribution in [0, 0.1) is 11.3 Å². The van der Waals surface area contributed by atoms with Gasteiger partial charge in [0.05, 0.1) is 12.1 Å². The van der Waals surface area contributed by atoms with Crippen LogP contribution in [0.3, 0.4) is 0 Å². The van der Waals surface area contributed by atoms with Crippen LogP contribution >= 0.6 is 23.2 Å². The quantitative estimate of drug-likeness (QED) is 0.698. The molecule has 1 amide bonds. The maximum Gasteiger partial charge on any atom is 0.291 e. The average molecular weight is 416 g/mol. The number of piperazine rings is 1. The van der Waals surface area contributed by atoms with Gasteiger partial charge >= 0.3 is 0 Å². The Morgan fingerprint density at radius 2 is 1.36 bits per heavy atom. The fraction of sp³-hybridized carbons (Fsp3) is 0.286. The van der Waals surface area contributed by atoms with Crippen LogP contribution in [0.1, 0.15) is 23.6 Å². The minimum Gasteiger partial charge on any atom is -0.334 e.